The summed E-state index contributed by atoms with van der Waals surface area (Å²) in [5.74, 6) is -1.49. The molecule has 0 saturated heterocycles. The van der Waals surface area contributed by atoms with Gasteiger partial charge in [-0.3, -0.25) is 4.79 Å². The Bertz CT molecular complexity index is 635. The number of benzene rings is 1. The number of hydrogen-bond donors (Lipinski definition) is 3. The summed E-state index contributed by atoms with van der Waals surface area (Å²) in [6, 6.07) is 6.66. The van der Waals surface area contributed by atoms with Crippen LogP contribution in [0.3, 0.4) is 0 Å². The Kier molecular flexibility index (Phi) is 4.94. The molecule has 0 radical (unpaired) electrons. The summed E-state index contributed by atoms with van der Waals surface area (Å²) < 4.78 is 4.97. The van der Waals surface area contributed by atoms with E-state index in [9.17, 15) is 14.7 Å². The van der Waals surface area contributed by atoms with Gasteiger partial charge in [0.05, 0.1) is 0 Å². The number of para-hydroxylation sites is 1. The average Bonchev–Trinajstić information content (AvgIpc) is 2.87. The largest absolute Gasteiger partial charge is 0.480 e. The lowest BCUT2D eigenvalue weighted by Crippen LogP contribution is -2.43. The third-order valence-corrected chi connectivity index (χ3v) is 3.17. The van der Waals surface area contributed by atoms with Crippen LogP contribution in [0, 0.1) is 0 Å². The van der Waals surface area contributed by atoms with Gasteiger partial charge in [0, 0.05) is 30.1 Å². The maximum atomic E-state index is 11.6. The molecule has 0 bridgehead atoms. The second-order valence-corrected chi connectivity index (χ2v) is 4.66. The number of carboxylic acids is 1. The Morgan fingerprint density at radius 3 is 2.86 bits per heavy atom. The van der Waals surface area contributed by atoms with E-state index in [1.54, 1.807) is 13.1 Å². The topological polar surface area (TPSA) is 91.4 Å². The fraction of sp³-hybridized carbons (Fsp3) is 0.333. The minimum atomic E-state index is -1.06. The summed E-state index contributed by atoms with van der Waals surface area (Å²) in [4.78, 5) is 26.0. The number of ether oxygens (including phenoxy) is 1. The van der Waals surface area contributed by atoms with E-state index in [0.717, 1.165) is 16.5 Å². The van der Waals surface area contributed by atoms with Gasteiger partial charge in [-0.1, -0.05) is 18.2 Å². The first-order chi connectivity index (χ1) is 10.1. The molecule has 1 aromatic heterocycles. The highest BCUT2D eigenvalue weighted by Gasteiger charge is 2.21. The lowest BCUT2D eigenvalue weighted by Gasteiger charge is -2.14. The van der Waals surface area contributed by atoms with E-state index in [1.807, 2.05) is 24.3 Å². The van der Waals surface area contributed by atoms with Crippen molar-refractivity contribution < 1.29 is 19.4 Å². The Labute approximate surface area is 122 Å². The van der Waals surface area contributed by atoms with Crippen LogP contribution in [0.25, 0.3) is 10.9 Å². The number of hydrogen-bond acceptors (Lipinski definition) is 3. The van der Waals surface area contributed by atoms with E-state index < -0.39 is 17.9 Å². The molecule has 6 heteroatoms. The van der Waals surface area contributed by atoms with E-state index >= 15 is 0 Å². The van der Waals surface area contributed by atoms with Crippen LogP contribution in [-0.2, 0) is 20.7 Å². The van der Waals surface area contributed by atoms with Crippen LogP contribution >= 0.6 is 0 Å². The first kappa shape index (κ1) is 15.1. The van der Waals surface area contributed by atoms with Gasteiger partial charge in [-0.15, -0.1) is 0 Å². The monoisotopic (exact) mass is 290 g/mol. The molecule has 0 saturated carbocycles. The Morgan fingerprint density at radius 1 is 1.38 bits per heavy atom. The van der Waals surface area contributed by atoms with Crippen LogP contribution < -0.4 is 5.32 Å². The van der Waals surface area contributed by atoms with E-state index in [-0.39, 0.29) is 13.0 Å². The average molecular weight is 290 g/mol. The molecular weight excluding hydrogens is 272 g/mol. The third kappa shape index (κ3) is 3.82. The third-order valence-electron chi connectivity index (χ3n) is 3.17. The van der Waals surface area contributed by atoms with Crippen molar-refractivity contribution in [2.75, 3.05) is 13.2 Å². The molecule has 0 aliphatic carbocycles. The maximum Gasteiger partial charge on any atom is 0.326 e. The molecule has 1 aromatic carbocycles. The molecule has 2 aromatic rings. The second kappa shape index (κ2) is 6.90. The first-order valence-electron chi connectivity index (χ1n) is 6.76. The van der Waals surface area contributed by atoms with Crippen LogP contribution in [0.5, 0.6) is 0 Å². The predicted molar refractivity (Wildman–Crippen MR) is 78.1 cm³/mol. The van der Waals surface area contributed by atoms with Crippen molar-refractivity contribution in [2.24, 2.45) is 0 Å². The number of carboxylic acid groups (broad SMARTS) is 1. The van der Waals surface area contributed by atoms with Gasteiger partial charge in [0.25, 0.3) is 0 Å². The van der Waals surface area contributed by atoms with Crippen molar-refractivity contribution in [3.63, 3.8) is 0 Å². The molecule has 0 aliphatic rings. The van der Waals surface area contributed by atoms with Crippen LogP contribution in [0.2, 0.25) is 0 Å². The smallest absolute Gasteiger partial charge is 0.326 e. The van der Waals surface area contributed by atoms with E-state index in [0.29, 0.717) is 6.61 Å². The zero-order valence-electron chi connectivity index (χ0n) is 11.8. The van der Waals surface area contributed by atoms with Crippen LogP contribution in [0.15, 0.2) is 30.5 Å². The molecule has 0 spiro atoms. The number of carbonyl (C=O) groups is 2. The van der Waals surface area contributed by atoms with Gasteiger partial charge in [-0.25, -0.2) is 4.79 Å². The molecular formula is C15H18N2O4. The number of H-pyrrole nitrogens is 1. The SMILES string of the molecule is CCOCC(=O)NC(Cc1c[nH]c2ccccc12)C(=O)O. The van der Waals surface area contributed by atoms with Crippen molar-refractivity contribution in [2.45, 2.75) is 19.4 Å². The molecule has 112 valence electrons. The Hall–Kier alpha value is -2.34. The highest BCUT2D eigenvalue weighted by Crippen LogP contribution is 2.19. The molecule has 3 N–H and O–H groups in total. The summed E-state index contributed by atoms with van der Waals surface area (Å²) in [7, 11) is 0. The van der Waals surface area contributed by atoms with E-state index in [4.69, 9.17) is 4.74 Å². The van der Waals surface area contributed by atoms with E-state index in [2.05, 4.69) is 10.3 Å². The highest BCUT2D eigenvalue weighted by atomic mass is 16.5. The van der Waals surface area contributed by atoms with Crippen molar-refractivity contribution in [3.8, 4) is 0 Å². The van der Waals surface area contributed by atoms with Gasteiger partial charge in [0.2, 0.25) is 5.91 Å². The summed E-state index contributed by atoms with van der Waals surface area (Å²) in [5.41, 5.74) is 1.80. The van der Waals surface area contributed by atoms with Crippen molar-refractivity contribution in [1.29, 1.82) is 0 Å². The second-order valence-electron chi connectivity index (χ2n) is 4.66. The summed E-state index contributed by atoms with van der Waals surface area (Å²) in [6.07, 6.45) is 1.99. The van der Waals surface area contributed by atoms with Gasteiger partial charge in [0.1, 0.15) is 12.6 Å². The number of rotatable bonds is 7. The number of aromatic nitrogens is 1. The standard InChI is InChI=1S/C15H18N2O4/c1-2-21-9-14(18)17-13(15(19)20)7-10-8-16-12-6-4-3-5-11(10)12/h3-6,8,13,16H,2,7,9H2,1H3,(H,17,18)(H,19,20). The molecule has 0 fully saturated rings. The van der Waals surface area contributed by atoms with Gasteiger partial charge in [-0.05, 0) is 18.6 Å². The minimum Gasteiger partial charge on any atom is -0.480 e. The fourth-order valence-electron chi connectivity index (χ4n) is 2.15. The predicted octanol–water partition coefficient (Wildman–Crippen LogP) is 1.32. The summed E-state index contributed by atoms with van der Waals surface area (Å²) in [5, 5.41) is 12.7. The normalized spacial score (nSPS) is 12.2. The molecule has 1 amide bonds. The van der Waals surface area contributed by atoms with Crippen LogP contribution in [0.1, 0.15) is 12.5 Å². The first-order valence-corrected chi connectivity index (χ1v) is 6.76. The molecule has 2 rings (SSSR count). The summed E-state index contributed by atoms with van der Waals surface area (Å²) in [6.45, 7) is 2.05. The van der Waals surface area contributed by atoms with Gasteiger partial charge in [-0.2, -0.15) is 0 Å². The van der Waals surface area contributed by atoms with Crippen molar-refractivity contribution in [1.82, 2.24) is 10.3 Å². The van der Waals surface area contributed by atoms with Crippen molar-refractivity contribution in [3.05, 3.63) is 36.0 Å². The molecule has 0 aliphatic heterocycles. The molecule has 21 heavy (non-hydrogen) atoms. The lowest BCUT2D eigenvalue weighted by molar-refractivity contribution is -0.142. The number of carbonyl (C=O) groups excluding carboxylic acids is 1. The van der Waals surface area contributed by atoms with Crippen LogP contribution in [0.4, 0.5) is 0 Å². The number of fused-ring (bicyclic) bond motifs is 1. The minimum absolute atomic E-state index is 0.131. The Balaban J connectivity index is 2.09. The number of aromatic amines is 1. The zero-order chi connectivity index (χ0) is 15.2. The van der Waals surface area contributed by atoms with Gasteiger partial charge >= 0.3 is 5.97 Å². The molecule has 6 nitrogen and oxygen atoms in total. The van der Waals surface area contributed by atoms with E-state index in [1.165, 1.54) is 0 Å². The molecule has 1 unspecified atom stereocenters. The summed E-state index contributed by atoms with van der Waals surface area (Å²) >= 11 is 0. The molecule has 1 atom stereocenters. The zero-order valence-corrected chi connectivity index (χ0v) is 11.8. The van der Waals surface area contributed by atoms with Gasteiger partial charge < -0.3 is 20.1 Å². The lowest BCUT2D eigenvalue weighted by atomic mass is 10.1. The van der Waals surface area contributed by atoms with Gasteiger partial charge in [0.15, 0.2) is 0 Å². The van der Waals surface area contributed by atoms with Crippen LogP contribution in [-0.4, -0.2) is 41.2 Å². The number of aliphatic carboxylic acids is 1. The maximum absolute atomic E-state index is 11.6. The van der Waals surface area contributed by atoms with Crippen molar-refractivity contribution >= 4 is 22.8 Å². The number of nitrogens with one attached hydrogen (secondary N) is 2. The number of amides is 1. The highest BCUT2D eigenvalue weighted by molar-refractivity contribution is 5.87. The Morgan fingerprint density at radius 2 is 2.14 bits per heavy atom. The molecule has 1 heterocycles. The fourth-order valence-corrected chi connectivity index (χ4v) is 2.15. The quantitative estimate of drug-likeness (QED) is 0.717.